The van der Waals surface area contributed by atoms with E-state index >= 15 is 0 Å². The van der Waals surface area contributed by atoms with Crippen LogP contribution in [0.3, 0.4) is 0 Å². The zero-order chi connectivity index (χ0) is 23.6. The fourth-order valence-corrected chi connectivity index (χ4v) is 3.97. The molecule has 8 heteroatoms. The van der Waals surface area contributed by atoms with Gasteiger partial charge in [-0.25, -0.2) is 10.2 Å². The summed E-state index contributed by atoms with van der Waals surface area (Å²) in [5, 5.41) is 7.03. The van der Waals surface area contributed by atoms with Gasteiger partial charge in [-0.1, -0.05) is 32.0 Å². The number of fused-ring (bicyclic) bond motifs is 1. The third kappa shape index (κ3) is 5.06. The van der Waals surface area contributed by atoms with E-state index < -0.39 is 6.03 Å². The van der Waals surface area contributed by atoms with Crippen LogP contribution in [0.15, 0.2) is 64.1 Å². The summed E-state index contributed by atoms with van der Waals surface area (Å²) in [5.41, 5.74) is 10.0. The molecular weight excluding hydrogens is 420 g/mol. The largest absolute Gasteiger partial charge is 0.457 e. The van der Waals surface area contributed by atoms with E-state index in [0.29, 0.717) is 41.3 Å². The van der Waals surface area contributed by atoms with Gasteiger partial charge in [-0.3, -0.25) is 4.79 Å². The predicted molar refractivity (Wildman–Crippen MR) is 126 cm³/mol. The van der Waals surface area contributed by atoms with Gasteiger partial charge in [0.2, 0.25) is 0 Å². The predicted octanol–water partition coefficient (Wildman–Crippen LogP) is 4.98. The average molecular weight is 447 g/mol. The number of primary amides is 1. The number of anilines is 1. The lowest BCUT2D eigenvalue weighted by Gasteiger charge is -2.29. The lowest BCUT2D eigenvalue weighted by molar-refractivity contribution is 0.0993. The fourth-order valence-electron chi connectivity index (χ4n) is 3.97. The molecule has 170 valence electrons. The zero-order valence-corrected chi connectivity index (χ0v) is 18.8. The lowest BCUT2D eigenvalue weighted by Crippen LogP contribution is -2.31. The molecule has 0 saturated heterocycles. The molecule has 4 rings (SSSR count). The Bertz CT molecular complexity index is 1210. The van der Waals surface area contributed by atoms with Crippen molar-refractivity contribution in [1.82, 2.24) is 5.43 Å². The van der Waals surface area contributed by atoms with Crippen LogP contribution in [0.1, 0.15) is 47.7 Å². The van der Waals surface area contributed by atoms with Crippen LogP contribution in [0.5, 0.6) is 11.5 Å². The molecule has 0 fully saturated rings. The molecule has 1 heterocycles. The normalized spacial score (nSPS) is 15.5. The monoisotopic (exact) mass is 446 g/mol. The molecule has 8 nitrogen and oxygen atoms in total. The molecule has 3 amide bonds. The summed E-state index contributed by atoms with van der Waals surface area (Å²) < 4.78 is 11.8. The number of benzene rings is 2. The number of nitrogens with two attached hydrogens (primary N) is 1. The second kappa shape index (κ2) is 8.82. The standard InChI is InChI=1S/C25H26N4O4/c1-15-21-19(28-29-24(26)31)13-25(2,3)14-20(21)33-22(15)23(30)27-16-9-11-18(12-10-16)32-17-7-5-4-6-8-17/h4-12H,13-14H2,1-3H3,(H,27,30)(H3,26,29,31)/b28-19-. The van der Waals surface area contributed by atoms with Gasteiger partial charge < -0.3 is 20.2 Å². The minimum absolute atomic E-state index is 0.141. The van der Waals surface area contributed by atoms with Gasteiger partial charge in [-0.2, -0.15) is 5.10 Å². The summed E-state index contributed by atoms with van der Waals surface area (Å²) in [6, 6.07) is 15.8. The Morgan fingerprint density at radius 1 is 1.03 bits per heavy atom. The molecule has 0 aliphatic heterocycles. The fraction of sp³-hybridized carbons (Fsp3) is 0.240. The number of nitrogens with zero attached hydrogens (tertiary/aromatic N) is 1. The molecule has 0 spiro atoms. The number of hydrazone groups is 1. The maximum atomic E-state index is 13.0. The van der Waals surface area contributed by atoms with E-state index in [9.17, 15) is 9.59 Å². The van der Waals surface area contributed by atoms with Gasteiger partial charge in [0.25, 0.3) is 5.91 Å². The number of urea groups is 1. The topological polar surface area (TPSA) is 119 Å². The molecule has 1 aromatic heterocycles. The Morgan fingerprint density at radius 2 is 1.70 bits per heavy atom. The number of para-hydroxylation sites is 1. The van der Waals surface area contributed by atoms with Crippen molar-refractivity contribution < 1.29 is 18.7 Å². The van der Waals surface area contributed by atoms with Crippen molar-refractivity contribution in [2.75, 3.05) is 5.32 Å². The van der Waals surface area contributed by atoms with Crippen molar-refractivity contribution >= 4 is 23.3 Å². The molecule has 0 unspecified atom stereocenters. The first-order chi connectivity index (χ1) is 15.7. The minimum Gasteiger partial charge on any atom is -0.457 e. The van der Waals surface area contributed by atoms with Crippen molar-refractivity contribution in [3.05, 3.63) is 77.2 Å². The Morgan fingerprint density at radius 3 is 2.36 bits per heavy atom. The SMILES string of the molecule is Cc1c(C(=O)Nc2ccc(Oc3ccccc3)cc2)oc2c1/C(=N\NC(N)=O)CC(C)(C)C2. The summed E-state index contributed by atoms with van der Waals surface area (Å²) >= 11 is 0. The molecule has 0 saturated carbocycles. The number of furan rings is 1. The second-order valence-electron chi connectivity index (χ2n) is 8.80. The summed E-state index contributed by atoms with van der Waals surface area (Å²) in [4.78, 5) is 24.1. The molecule has 1 aliphatic carbocycles. The van der Waals surface area contributed by atoms with Crippen LogP contribution in [0.2, 0.25) is 0 Å². The van der Waals surface area contributed by atoms with Crippen LogP contribution in [0.25, 0.3) is 0 Å². The van der Waals surface area contributed by atoms with Crippen molar-refractivity contribution in [1.29, 1.82) is 0 Å². The molecule has 1 aliphatic rings. The van der Waals surface area contributed by atoms with Crippen molar-refractivity contribution in [3.63, 3.8) is 0 Å². The first-order valence-corrected chi connectivity index (χ1v) is 10.6. The van der Waals surface area contributed by atoms with Gasteiger partial charge in [0.15, 0.2) is 5.76 Å². The quantitative estimate of drug-likeness (QED) is 0.479. The van der Waals surface area contributed by atoms with Gasteiger partial charge >= 0.3 is 6.03 Å². The highest BCUT2D eigenvalue weighted by atomic mass is 16.5. The number of carbonyl (C=O) groups is 2. The number of hydrogen-bond donors (Lipinski definition) is 3. The van der Waals surface area contributed by atoms with Gasteiger partial charge in [-0.15, -0.1) is 0 Å². The first kappa shape index (κ1) is 22.1. The van der Waals surface area contributed by atoms with Crippen LogP contribution < -0.4 is 21.2 Å². The van der Waals surface area contributed by atoms with Crippen LogP contribution >= 0.6 is 0 Å². The Kier molecular flexibility index (Phi) is 5.91. The number of hydrogen-bond acceptors (Lipinski definition) is 5. The van der Waals surface area contributed by atoms with E-state index in [1.54, 1.807) is 24.3 Å². The molecule has 0 bridgehead atoms. The highest BCUT2D eigenvalue weighted by molar-refractivity contribution is 6.09. The lowest BCUT2D eigenvalue weighted by atomic mass is 9.75. The highest BCUT2D eigenvalue weighted by Gasteiger charge is 2.36. The molecule has 33 heavy (non-hydrogen) atoms. The average Bonchev–Trinajstić information content (AvgIpc) is 3.09. The van der Waals surface area contributed by atoms with Gasteiger partial charge in [0.05, 0.1) is 5.71 Å². The molecule has 0 radical (unpaired) electrons. The Labute approximate surface area is 191 Å². The van der Waals surface area contributed by atoms with E-state index in [1.165, 1.54) is 0 Å². The number of carbonyl (C=O) groups excluding carboxylic acids is 2. The van der Waals surface area contributed by atoms with Gasteiger partial charge in [0, 0.05) is 23.2 Å². The first-order valence-electron chi connectivity index (χ1n) is 10.6. The van der Waals surface area contributed by atoms with Crippen LogP contribution in [0, 0.1) is 12.3 Å². The maximum absolute atomic E-state index is 13.0. The van der Waals surface area contributed by atoms with Gasteiger partial charge in [0.1, 0.15) is 17.3 Å². The third-order valence-corrected chi connectivity index (χ3v) is 5.39. The number of nitrogens with one attached hydrogen (secondary N) is 2. The molecular formula is C25H26N4O4. The number of rotatable bonds is 5. The number of amides is 3. The summed E-state index contributed by atoms with van der Waals surface area (Å²) in [6.07, 6.45) is 1.27. The van der Waals surface area contributed by atoms with E-state index in [-0.39, 0.29) is 17.1 Å². The summed E-state index contributed by atoms with van der Waals surface area (Å²) in [7, 11) is 0. The van der Waals surface area contributed by atoms with Crippen LogP contribution in [-0.2, 0) is 6.42 Å². The number of ether oxygens (including phenoxy) is 1. The maximum Gasteiger partial charge on any atom is 0.332 e. The van der Waals surface area contributed by atoms with E-state index in [4.69, 9.17) is 14.9 Å². The third-order valence-electron chi connectivity index (χ3n) is 5.39. The Balaban J connectivity index is 1.53. The van der Waals surface area contributed by atoms with Crippen LogP contribution in [0.4, 0.5) is 10.5 Å². The van der Waals surface area contributed by atoms with E-state index in [0.717, 1.165) is 11.3 Å². The molecule has 2 aromatic carbocycles. The minimum atomic E-state index is -0.744. The Hall–Kier alpha value is -4.07. The second-order valence-corrected chi connectivity index (χ2v) is 8.80. The highest BCUT2D eigenvalue weighted by Crippen LogP contribution is 2.39. The summed E-state index contributed by atoms with van der Waals surface area (Å²) in [5.74, 6) is 1.92. The summed E-state index contributed by atoms with van der Waals surface area (Å²) in [6.45, 7) is 5.96. The molecule has 3 aromatic rings. The molecule has 4 N–H and O–H groups in total. The van der Waals surface area contributed by atoms with Gasteiger partial charge in [-0.05, 0) is 55.2 Å². The van der Waals surface area contributed by atoms with Crippen molar-refractivity contribution in [2.45, 2.75) is 33.6 Å². The van der Waals surface area contributed by atoms with E-state index in [1.807, 2.05) is 37.3 Å². The van der Waals surface area contributed by atoms with Crippen molar-refractivity contribution in [2.24, 2.45) is 16.3 Å². The molecule has 0 atom stereocenters. The zero-order valence-electron chi connectivity index (χ0n) is 18.8. The van der Waals surface area contributed by atoms with E-state index in [2.05, 4.69) is 29.7 Å². The van der Waals surface area contributed by atoms with Crippen LogP contribution in [-0.4, -0.2) is 17.6 Å². The van der Waals surface area contributed by atoms with Crippen molar-refractivity contribution in [3.8, 4) is 11.5 Å². The smallest absolute Gasteiger partial charge is 0.332 e.